The normalized spacial score (nSPS) is 28.5. The van der Waals surface area contributed by atoms with Crippen molar-refractivity contribution in [1.29, 1.82) is 0 Å². The second kappa shape index (κ2) is 5.98. The van der Waals surface area contributed by atoms with E-state index >= 15 is 0 Å². The fourth-order valence-corrected chi connectivity index (χ4v) is 2.41. The van der Waals surface area contributed by atoms with E-state index < -0.39 is 5.60 Å². The van der Waals surface area contributed by atoms with Gasteiger partial charge in [0.25, 0.3) is 0 Å². The van der Waals surface area contributed by atoms with Crippen molar-refractivity contribution in [2.45, 2.75) is 64.9 Å². The molecule has 1 aliphatic carbocycles. The van der Waals surface area contributed by atoms with E-state index in [9.17, 15) is 9.90 Å². The second-order valence-corrected chi connectivity index (χ2v) is 6.25. The highest BCUT2D eigenvalue weighted by atomic mass is 16.3. The lowest BCUT2D eigenvalue weighted by Gasteiger charge is -2.28. The van der Waals surface area contributed by atoms with Crippen LogP contribution in [0.25, 0.3) is 0 Å². The zero-order chi connectivity index (χ0) is 13.8. The van der Waals surface area contributed by atoms with Crippen LogP contribution < -0.4 is 0 Å². The van der Waals surface area contributed by atoms with Gasteiger partial charge >= 0.3 is 0 Å². The van der Waals surface area contributed by atoms with Crippen LogP contribution in [0, 0.1) is 5.41 Å². The molecule has 1 rings (SSSR count). The van der Waals surface area contributed by atoms with Gasteiger partial charge in [-0.2, -0.15) is 0 Å². The molecule has 0 aromatic heterocycles. The number of rotatable bonds is 5. The molecule has 2 N–H and O–H groups in total. The molecule has 2 atom stereocenters. The second-order valence-electron chi connectivity index (χ2n) is 6.25. The first-order valence-electron chi connectivity index (χ1n) is 6.81. The van der Waals surface area contributed by atoms with Crippen LogP contribution in [0.3, 0.4) is 0 Å². The number of carbonyl (C=O) groups excluding carboxylic acids is 1. The largest absolute Gasteiger partial charge is 0.393 e. The Hall–Kier alpha value is -0.670. The van der Waals surface area contributed by atoms with Gasteiger partial charge in [0.15, 0.2) is 0 Å². The average Bonchev–Trinajstić information content (AvgIpc) is 2.43. The Balaban J connectivity index is 2.55. The zero-order valence-corrected chi connectivity index (χ0v) is 11.8. The highest BCUT2D eigenvalue weighted by Gasteiger charge is 2.33. The monoisotopic (exact) mass is 254 g/mol. The Labute approximate surface area is 110 Å². The Morgan fingerprint density at radius 3 is 2.72 bits per heavy atom. The van der Waals surface area contributed by atoms with Crippen LogP contribution >= 0.6 is 0 Å². The minimum absolute atomic E-state index is 0.226. The first kappa shape index (κ1) is 15.4. The van der Waals surface area contributed by atoms with E-state index in [-0.39, 0.29) is 12.0 Å². The van der Waals surface area contributed by atoms with Crippen molar-refractivity contribution in [3.63, 3.8) is 0 Å². The van der Waals surface area contributed by atoms with Crippen LogP contribution in [0.2, 0.25) is 0 Å². The van der Waals surface area contributed by atoms with Crippen LogP contribution in [-0.4, -0.2) is 28.2 Å². The van der Waals surface area contributed by atoms with Crippen molar-refractivity contribution in [3.05, 3.63) is 11.6 Å². The number of hydrogen-bond donors (Lipinski definition) is 2. The maximum Gasteiger partial charge on any atom is 0.139 e. The van der Waals surface area contributed by atoms with E-state index in [4.69, 9.17) is 5.11 Å². The summed E-state index contributed by atoms with van der Waals surface area (Å²) in [6.45, 7) is 5.51. The maximum absolute atomic E-state index is 12.2. The van der Waals surface area contributed by atoms with Crippen molar-refractivity contribution in [2.24, 2.45) is 5.41 Å². The lowest BCUT2D eigenvalue weighted by atomic mass is 9.76. The smallest absolute Gasteiger partial charge is 0.139 e. The quantitative estimate of drug-likeness (QED) is 0.741. The van der Waals surface area contributed by atoms with Crippen LogP contribution in [-0.2, 0) is 4.79 Å². The molecule has 0 spiro atoms. The molecule has 18 heavy (non-hydrogen) atoms. The minimum atomic E-state index is -1.02. The van der Waals surface area contributed by atoms with Gasteiger partial charge in [0.1, 0.15) is 5.78 Å². The van der Waals surface area contributed by atoms with Crippen LogP contribution in [0.4, 0.5) is 0 Å². The number of aliphatic hydroxyl groups excluding tert-OH is 1. The molecule has 104 valence electrons. The Kier molecular flexibility index (Phi) is 5.11. The minimum Gasteiger partial charge on any atom is -0.393 e. The maximum atomic E-state index is 12.2. The molecule has 0 amide bonds. The molecule has 0 heterocycles. The molecule has 0 radical (unpaired) electrons. The Morgan fingerprint density at radius 1 is 1.44 bits per heavy atom. The number of ketones is 1. The van der Waals surface area contributed by atoms with E-state index in [1.54, 1.807) is 6.92 Å². The predicted octanol–water partition coefficient (Wildman–Crippen LogP) is 2.61. The summed E-state index contributed by atoms with van der Waals surface area (Å²) in [6, 6.07) is 0. The first-order valence-corrected chi connectivity index (χ1v) is 6.81. The zero-order valence-electron chi connectivity index (χ0n) is 11.8. The topological polar surface area (TPSA) is 57.5 Å². The van der Waals surface area contributed by atoms with E-state index in [1.807, 2.05) is 6.92 Å². The van der Waals surface area contributed by atoms with Crippen molar-refractivity contribution < 1.29 is 15.0 Å². The molecule has 3 nitrogen and oxygen atoms in total. The van der Waals surface area contributed by atoms with Gasteiger partial charge in [-0.15, -0.1) is 0 Å². The van der Waals surface area contributed by atoms with Crippen molar-refractivity contribution in [3.8, 4) is 0 Å². The predicted molar refractivity (Wildman–Crippen MR) is 72.3 cm³/mol. The molecule has 0 saturated carbocycles. The van der Waals surface area contributed by atoms with Gasteiger partial charge in [0, 0.05) is 11.8 Å². The molecule has 0 aliphatic heterocycles. The van der Waals surface area contributed by atoms with Crippen LogP contribution in [0.15, 0.2) is 11.6 Å². The van der Waals surface area contributed by atoms with Crippen molar-refractivity contribution in [2.75, 3.05) is 6.61 Å². The number of hydrogen-bond acceptors (Lipinski definition) is 3. The summed E-state index contributed by atoms with van der Waals surface area (Å²) in [4.78, 5) is 12.2. The molecule has 0 saturated heterocycles. The summed E-state index contributed by atoms with van der Waals surface area (Å²) in [5.74, 6) is 0.333. The third-order valence-electron chi connectivity index (χ3n) is 4.11. The molecule has 1 unspecified atom stereocenters. The summed E-state index contributed by atoms with van der Waals surface area (Å²) in [5.41, 5.74) is -0.00596. The third-order valence-corrected chi connectivity index (χ3v) is 4.11. The molecule has 0 aromatic rings. The van der Waals surface area contributed by atoms with Crippen LogP contribution in [0.1, 0.15) is 59.3 Å². The summed E-state index contributed by atoms with van der Waals surface area (Å²) in [5, 5.41) is 18.8. The Morgan fingerprint density at radius 2 is 2.11 bits per heavy atom. The van der Waals surface area contributed by atoms with E-state index in [2.05, 4.69) is 13.0 Å². The number of allylic oxidation sites excluding steroid dienone is 2. The van der Waals surface area contributed by atoms with Gasteiger partial charge in [-0.25, -0.2) is 0 Å². The molecule has 0 bridgehead atoms. The molecule has 1 aliphatic rings. The van der Waals surface area contributed by atoms with Gasteiger partial charge in [-0.3, -0.25) is 4.79 Å². The molecular weight excluding hydrogens is 228 g/mol. The standard InChI is InChI=1S/C15H26O3/c1-12-5-6-13(17)14(2,10-7-12)8-4-9-15(3,18)11-16/h7,16,18H,4-6,8-11H2,1-3H3/t14-,15?/m1/s1. The fourth-order valence-electron chi connectivity index (χ4n) is 2.41. The summed E-state index contributed by atoms with van der Waals surface area (Å²) >= 11 is 0. The summed E-state index contributed by atoms with van der Waals surface area (Å²) in [6.07, 6.45) is 6.58. The average molecular weight is 254 g/mol. The molecular formula is C15H26O3. The number of aliphatic hydroxyl groups is 2. The van der Waals surface area contributed by atoms with E-state index in [0.29, 0.717) is 18.6 Å². The molecule has 0 aromatic carbocycles. The fraction of sp³-hybridized carbons (Fsp3) is 0.800. The van der Waals surface area contributed by atoms with E-state index in [0.717, 1.165) is 25.7 Å². The first-order chi connectivity index (χ1) is 8.29. The lowest BCUT2D eigenvalue weighted by molar-refractivity contribution is -0.128. The summed E-state index contributed by atoms with van der Waals surface area (Å²) in [7, 11) is 0. The van der Waals surface area contributed by atoms with E-state index in [1.165, 1.54) is 5.57 Å². The molecule has 0 fully saturated rings. The number of carbonyl (C=O) groups is 1. The summed E-state index contributed by atoms with van der Waals surface area (Å²) < 4.78 is 0. The third kappa shape index (κ3) is 4.21. The molecule has 3 heteroatoms. The van der Waals surface area contributed by atoms with Gasteiger partial charge < -0.3 is 10.2 Å². The van der Waals surface area contributed by atoms with Gasteiger partial charge in [-0.1, -0.05) is 18.6 Å². The van der Waals surface area contributed by atoms with Crippen LogP contribution in [0.5, 0.6) is 0 Å². The highest BCUT2D eigenvalue weighted by Crippen LogP contribution is 2.36. The SMILES string of the molecule is CC1=CC[C@@](C)(CCCC(C)(O)CO)C(=O)CC1. The van der Waals surface area contributed by atoms with Crippen molar-refractivity contribution in [1.82, 2.24) is 0 Å². The number of Topliss-reactive ketones (excluding diaryl/α,β-unsaturated/α-hetero) is 1. The van der Waals surface area contributed by atoms with Gasteiger partial charge in [0.2, 0.25) is 0 Å². The van der Waals surface area contributed by atoms with Gasteiger partial charge in [-0.05, 0) is 46.0 Å². The lowest BCUT2D eigenvalue weighted by Crippen LogP contribution is -2.31. The highest BCUT2D eigenvalue weighted by molar-refractivity contribution is 5.85. The van der Waals surface area contributed by atoms with Crippen molar-refractivity contribution >= 4 is 5.78 Å². The Bertz CT molecular complexity index is 331. The van der Waals surface area contributed by atoms with Gasteiger partial charge in [0.05, 0.1) is 12.2 Å².